The Morgan fingerprint density at radius 3 is 1.12 bits per heavy atom. The number of fused-ring (bicyclic) bond motifs is 2. The number of aromatic nitrogens is 4. The maximum absolute atomic E-state index is 8.94. The van der Waals surface area contributed by atoms with Crippen molar-refractivity contribution in [3.63, 3.8) is 0 Å². The molecule has 0 atom stereocenters. The Kier molecular flexibility index (Phi) is 15.2. The van der Waals surface area contributed by atoms with Gasteiger partial charge in [-0.15, -0.1) is 0 Å². The molecular weight excluding hydrogens is 995 g/mol. The Bertz CT molecular complexity index is 3930. The molecule has 372 valence electrons. The molecule has 12 rings (SSSR count). The van der Waals surface area contributed by atoms with Crippen LogP contribution >= 0.6 is 15.9 Å². The summed E-state index contributed by atoms with van der Waals surface area (Å²) in [5.74, 6) is 1.94. The minimum Gasteiger partial charge on any atom is -0.423 e. The lowest BCUT2D eigenvalue weighted by atomic mass is 9.80. The fourth-order valence-electron chi connectivity index (χ4n) is 10.4. The minimum atomic E-state index is -1.39. The second-order valence-corrected chi connectivity index (χ2v) is 20.3. The predicted octanol–water partition coefficient (Wildman–Crippen LogP) is 16.4. The maximum atomic E-state index is 8.94. The summed E-state index contributed by atoms with van der Waals surface area (Å²) in [6.45, 7) is 13.0. The lowest BCUT2D eigenvalue weighted by Gasteiger charge is -2.17. The van der Waals surface area contributed by atoms with E-state index in [1.165, 1.54) is 67.0 Å². The largest absolute Gasteiger partial charge is 0.488 e. The van der Waals surface area contributed by atoms with Crippen molar-refractivity contribution in [2.24, 2.45) is 0 Å². The van der Waals surface area contributed by atoms with Crippen LogP contribution in [0.5, 0.6) is 0 Å². The molecule has 0 aliphatic carbocycles. The summed E-state index contributed by atoms with van der Waals surface area (Å²) in [6, 6.07) is 79.3. The lowest BCUT2D eigenvalue weighted by molar-refractivity contribution is 0.426. The third-order valence-corrected chi connectivity index (χ3v) is 14.2. The van der Waals surface area contributed by atoms with Crippen LogP contribution in [0, 0.1) is 41.5 Å². The van der Waals surface area contributed by atoms with Crippen LogP contribution in [0.2, 0.25) is 0 Å². The molecular formula is C68H58BBrN4O2. The molecule has 0 aliphatic heterocycles. The minimum absolute atomic E-state index is 0.509. The number of aryl methyl sites for hydroxylation is 6. The molecule has 0 saturated heterocycles. The van der Waals surface area contributed by atoms with Crippen LogP contribution < -0.4 is 5.46 Å². The monoisotopic (exact) mass is 1050 g/mol. The van der Waals surface area contributed by atoms with E-state index < -0.39 is 7.12 Å². The van der Waals surface area contributed by atoms with Crippen molar-refractivity contribution in [1.82, 2.24) is 19.1 Å². The zero-order valence-electron chi connectivity index (χ0n) is 43.6. The van der Waals surface area contributed by atoms with Crippen molar-refractivity contribution in [3.8, 4) is 67.5 Å². The van der Waals surface area contributed by atoms with Gasteiger partial charge in [-0.25, -0.2) is 9.97 Å². The Labute approximate surface area is 454 Å². The molecule has 0 amide bonds. The molecule has 0 spiro atoms. The van der Waals surface area contributed by atoms with Crippen molar-refractivity contribution in [2.45, 2.75) is 41.5 Å². The normalized spacial score (nSPS) is 11.0. The van der Waals surface area contributed by atoms with Gasteiger partial charge in [-0.05, 0) is 145 Å². The number of rotatable bonds is 8. The van der Waals surface area contributed by atoms with Crippen LogP contribution in [0.1, 0.15) is 33.4 Å². The Morgan fingerprint density at radius 2 is 0.684 bits per heavy atom. The average Bonchev–Trinajstić information content (AvgIpc) is 4.01. The number of benzene rings is 10. The van der Waals surface area contributed by atoms with Gasteiger partial charge in [0.15, 0.2) is 0 Å². The predicted molar refractivity (Wildman–Crippen MR) is 322 cm³/mol. The van der Waals surface area contributed by atoms with Crippen molar-refractivity contribution in [3.05, 3.63) is 268 Å². The molecule has 0 aliphatic rings. The van der Waals surface area contributed by atoms with Gasteiger partial charge in [-0.1, -0.05) is 215 Å². The topological polar surface area (TPSA) is 76.1 Å². The molecule has 76 heavy (non-hydrogen) atoms. The highest BCUT2D eigenvalue weighted by atomic mass is 79.9. The van der Waals surface area contributed by atoms with Crippen LogP contribution in [0.15, 0.2) is 235 Å². The number of hydrogen-bond donors (Lipinski definition) is 2. The van der Waals surface area contributed by atoms with E-state index in [1.807, 2.05) is 54.6 Å². The van der Waals surface area contributed by atoms with Gasteiger partial charge in [-0.2, -0.15) is 0 Å². The summed E-state index contributed by atoms with van der Waals surface area (Å²) in [7, 11) is -1.39. The second kappa shape index (κ2) is 22.6. The van der Waals surface area contributed by atoms with Gasteiger partial charge < -0.3 is 10.0 Å². The van der Waals surface area contributed by atoms with Gasteiger partial charge in [0.25, 0.3) is 0 Å². The van der Waals surface area contributed by atoms with E-state index >= 15 is 0 Å². The quantitative estimate of drug-likeness (QED) is 0.149. The highest BCUT2D eigenvalue weighted by Crippen LogP contribution is 2.36. The molecule has 10 aromatic carbocycles. The van der Waals surface area contributed by atoms with Gasteiger partial charge in [0, 0.05) is 15.6 Å². The lowest BCUT2D eigenvalue weighted by Crippen LogP contribution is -2.29. The van der Waals surface area contributed by atoms with E-state index in [1.54, 1.807) is 12.1 Å². The first kappa shape index (κ1) is 51.1. The molecule has 0 bridgehead atoms. The SMILES string of the molecule is Cc1cc(C)c(-n2c(-c3cccc(-c4ccc(-c5ccccc5)cc4)c3)nc3ccccc32)c(C)c1.Cc1cc(C)c(-n2c(-c3cccc(Br)c3)nc3ccccc32)c(C)c1.OB(O)c1ccc(-c2ccccc2)cc1. The zero-order chi connectivity index (χ0) is 52.9. The first-order valence-electron chi connectivity index (χ1n) is 25.6. The van der Waals surface area contributed by atoms with E-state index in [0.29, 0.717) is 5.46 Å². The standard InChI is InChI=1S/C34H28N2.C22H19BrN2.C12H11BO2/c1-23-20-24(2)33(25(3)21-23)36-32-15-8-7-14-31(32)35-34(36)30-13-9-12-29(22-30)28-18-16-27(17-19-28)26-10-5-4-6-11-26;1-14-11-15(2)21(16(3)12-14)25-20-10-5-4-9-19(20)24-22(25)17-7-6-8-18(23)13-17;14-13(15)12-8-6-11(7-9-12)10-4-2-1-3-5-10/h4-22H,1-3H3;4-13H,1-3H3;1-9,14-15H. The molecule has 0 fully saturated rings. The molecule has 0 unspecified atom stereocenters. The molecule has 2 N–H and O–H groups in total. The van der Waals surface area contributed by atoms with Crippen molar-refractivity contribution in [1.29, 1.82) is 0 Å². The van der Waals surface area contributed by atoms with E-state index in [2.05, 4.69) is 230 Å². The molecule has 0 radical (unpaired) electrons. The second-order valence-electron chi connectivity index (χ2n) is 19.4. The Balaban J connectivity index is 0.000000142. The summed E-state index contributed by atoms with van der Waals surface area (Å²) in [5.41, 5.74) is 24.0. The van der Waals surface area contributed by atoms with Crippen LogP contribution in [0.25, 0.3) is 89.6 Å². The first-order chi connectivity index (χ1) is 36.9. The summed E-state index contributed by atoms with van der Waals surface area (Å²) in [4.78, 5) is 10.1. The van der Waals surface area contributed by atoms with E-state index in [0.717, 1.165) is 60.4 Å². The number of nitrogens with zero attached hydrogens (tertiary/aromatic N) is 4. The molecule has 2 heterocycles. The van der Waals surface area contributed by atoms with E-state index in [4.69, 9.17) is 20.0 Å². The molecule has 12 aromatic rings. The van der Waals surface area contributed by atoms with Crippen molar-refractivity contribution in [2.75, 3.05) is 0 Å². The van der Waals surface area contributed by atoms with Gasteiger partial charge in [0.1, 0.15) is 11.6 Å². The van der Waals surface area contributed by atoms with Gasteiger partial charge >= 0.3 is 7.12 Å². The third kappa shape index (κ3) is 11.0. The summed E-state index contributed by atoms with van der Waals surface area (Å²) in [6.07, 6.45) is 0. The Morgan fingerprint density at radius 1 is 0.342 bits per heavy atom. The number of para-hydroxylation sites is 4. The highest BCUT2D eigenvalue weighted by Gasteiger charge is 2.20. The van der Waals surface area contributed by atoms with Gasteiger partial charge in [0.05, 0.1) is 33.4 Å². The van der Waals surface area contributed by atoms with E-state index in [9.17, 15) is 0 Å². The third-order valence-electron chi connectivity index (χ3n) is 13.7. The van der Waals surface area contributed by atoms with Crippen LogP contribution in [0.4, 0.5) is 0 Å². The number of hydrogen-bond acceptors (Lipinski definition) is 4. The van der Waals surface area contributed by atoms with Crippen LogP contribution in [0.3, 0.4) is 0 Å². The fourth-order valence-corrected chi connectivity index (χ4v) is 10.8. The van der Waals surface area contributed by atoms with Gasteiger partial charge in [0.2, 0.25) is 0 Å². The van der Waals surface area contributed by atoms with E-state index in [-0.39, 0.29) is 0 Å². The Hall–Kier alpha value is -8.40. The van der Waals surface area contributed by atoms with Gasteiger partial charge in [-0.3, -0.25) is 9.13 Å². The first-order valence-corrected chi connectivity index (χ1v) is 26.3. The summed E-state index contributed by atoms with van der Waals surface area (Å²) < 4.78 is 5.68. The molecule has 0 saturated carbocycles. The fraction of sp³-hybridized carbons (Fsp3) is 0.0882. The smallest absolute Gasteiger partial charge is 0.423 e. The molecule has 8 heteroatoms. The average molecular weight is 1050 g/mol. The molecule has 2 aromatic heterocycles. The number of halogens is 1. The molecule has 6 nitrogen and oxygen atoms in total. The maximum Gasteiger partial charge on any atom is 0.488 e. The highest BCUT2D eigenvalue weighted by molar-refractivity contribution is 9.10. The zero-order valence-corrected chi connectivity index (χ0v) is 45.2. The van der Waals surface area contributed by atoms with Crippen LogP contribution in [-0.4, -0.2) is 36.3 Å². The summed E-state index contributed by atoms with van der Waals surface area (Å²) in [5, 5.41) is 17.9. The van der Waals surface area contributed by atoms with Crippen molar-refractivity contribution < 1.29 is 10.0 Å². The van der Waals surface area contributed by atoms with Crippen molar-refractivity contribution >= 4 is 50.6 Å². The van der Waals surface area contributed by atoms with Crippen LogP contribution in [-0.2, 0) is 0 Å². The summed E-state index contributed by atoms with van der Waals surface area (Å²) >= 11 is 3.59. The number of imidazole rings is 2.